The number of fused-ring (bicyclic) bond motifs is 6. The van der Waals surface area contributed by atoms with Gasteiger partial charge in [-0.2, -0.15) is 39.5 Å². The molecule has 0 spiro atoms. The van der Waals surface area contributed by atoms with E-state index in [2.05, 4.69) is 79.7 Å². The average Bonchev–Trinajstić information content (AvgIpc) is 3.34. The molecule has 0 aliphatic carbocycles. The van der Waals surface area contributed by atoms with Crippen molar-refractivity contribution in [3.8, 4) is 22.8 Å². The molecule has 0 saturated heterocycles. The first-order chi connectivity index (χ1) is 34.3. The van der Waals surface area contributed by atoms with Crippen molar-refractivity contribution in [2.75, 3.05) is 0 Å². The normalized spacial score (nSPS) is 11.7. The van der Waals surface area contributed by atoms with Gasteiger partial charge in [0.1, 0.15) is 11.6 Å². The number of aryl methyl sites for hydroxylation is 7. The molecule has 0 aliphatic heterocycles. The fourth-order valence-electron chi connectivity index (χ4n) is 7.37. The summed E-state index contributed by atoms with van der Waals surface area (Å²) in [6.45, 7) is 13.8. The zero-order chi connectivity index (χ0) is 53.2. The van der Waals surface area contributed by atoms with Gasteiger partial charge in [-0.1, -0.05) is 24.3 Å². The lowest BCUT2D eigenvalue weighted by Crippen LogP contribution is -2.17. The minimum absolute atomic E-state index is 0.0855. The molecular weight excluding hydrogens is 970 g/mol. The zero-order valence-electron chi connectivity index (χ0n) is 39.8. The largest absolute Gasteiger partial charge is 0.418 e. The minimum atomic E-state index is -5.14. The summed E-state index contributed by atoms with van der Waals surface area (Å²) in [5, 5.41) is 3.73. The van der Waals surface area contributed by atoms with Crippen LogP contribution in [-0.2, 0) is 18.5 Å². The first-order valence-corrected chi connectivity index (χ1v) is 21.9. The lowest BCUT2D eigenvalue weighted by molar-refractivity contribution is -0.162. The van der Waals surface area contributed by atoms with Gasteiger partial charge < -0.3 is 0 Å². The van der Waals surface area contributed by atoms with Gasteiger partial charge in [-0.3, -0.25) is 39.9 Å². The highest BCUT2D eigenvalue weighted by atomic mass is 19.4. The summed E-state index contributed by atoms with van der Waals surface area (Å²) in [7, 11) is 0. The van der Waals surface area contributed by atoms with E-state index in [4.69, 9.17) is 0 Å². The molecule has 374 valence electrons. The summed E-state index contributed by atoms with van der Waals surface area (Å²) in [6, 6.07) is 17.8. The number of nitrogens with zero attached hydrogens (tertiary/aromatic N) is 8. The first kappa shape index (κ1) is 52.7. The SMILES string of the molecule is Cc1ccnc(-c2cc(C(F)(F)F)ccn2)c1.Cc1cnc(-c2cc(C(F)(F)F)c(C(F)(F)F)cn2)cc1C.Cc1cnc2c(ccc3c(C)c(C)cnc32)c1C.Fc1cnc2c(ccc3cc(F)cnc32)c1. The number of aromatic nitrogens is 8. The van der Waals surface area contributed by atoms with E-state index in [0.717, 1.165) is 58.4 Å². The quantitative estimate of drug-likeness (QED) is 0.125. The zero-order valence-corrected chi connectivity index (χ0v) is 39.8. The van der Waals surface area contributed by atoms with Crippen LogP contribution in [0.25, 0.3) is 66.4 Å². The number of rotatable bonds is 2. The van der Waals surface area contributed by atoms with Crippen LogP contribution in [0.4, 0.5) is 48.3 Å². The van der Waals surface area contributed by atoms with E-state index >= 15 is 0 Å². The van der Waals surface area contributed by atoms with Crippen molar-refractivity contribution in [2.24, 2.45) is 0 Å². The van der Waals surface area contributed by atoms with Gasteiger partial charge >= 0.3 is 18.5 Å². The molecule has 0 N–H and O–H groups in total. The summed E-state index contributed by atoms with van der Waals surface area (Å²) in [4.78, 5) is 32.4. The molecule has 8 aromatic heterocycles. The predicted molar refractivity (Wildman–Crippen MR) is 257 cm³/mol. The van der Waals surface area contributed by atoms with Crippen molar-refractivity contribution < 1.29 is 48.3 Å². The van der Waals surface area contributed by atoms with E-state index in [1.807, 2.05) is 19.3 Å². The Morgan fingerprint density at radius 3 is 1.26 bits per heavy atom. The lowest BCUT2D eigenvalue weighted by Gasteiger charge is -2.16. The molecule has 10 aromatic rings. The van der Waals surface area contributed by atoms with Gasteiger partial charge in [0, 0.05) is 58.7 Å². The molecule has 0 aliphatic rings. The second kappa shape index (κ2) is 20.9. The molecule has 10 rings (SSSR count). The van der Waals surface area contributed by atoms with E-state index in [0.29, 0.717) is 33.6 Å². The Bertz CT molecular complexity index is 3540. The monoisotopic (exact) mass is 1010 g/mol. The predicted octanol–water partition coefficient (Wildman–Crippen LogP) is 15.3. The molecule has 0 unspecified atom stereocenters. The van der Waals surface area contributed by atoms with Crippen LogP contribution < -0.4 is 0 Å². The Balaban J connectivity index is 0.000000143. The topological polar surface area (TPSA) is 103 Å². The molecule has 19 heteroatoms. The Morgan fingerprint density at radius 1 is 0.342 bits per heavy atom. The molecule has 0 radical (unpaired) electrons. The number of halogens is 11. The van der Waals surface area contributed by atoms with Crippen molar-refractivity contribution in [1.82, 2.24) is 39.9 Å². The Kier molecular flexibility index (Phi) is 15.1. The van der Waals surface area contributed by atoms with Crippen LogP contribution in [0.3, 0.4) is 0 Å². The van der Waals surface area contributed by atoms with Crippen LogP contribution >= 0.6 is 0 Å². The Hall–Kier alpha value is -8.09. The molecule has 8 nitrogen and oxygen atoms in total. The molecule has 0 amide bonds. The first-order valence-electron chi connectivity index (χ1n) is 21.9. The third-order valence-electron chi connectivity index (χ3n) is 11.8. The summed E-state index contributed by atoms with van der Waals surface area (Å²) >= 11 is 0. The van der Waals surface area contributed by atoms with Gasteiger partial charge in [0.25, 0.3) is 0 Å². The van der Waals surface area contributed by atoms with E-state index in [1.165, 1.54) is 57.4 Å². The van der Waals surface area contributed by atoms with E-state index < -0.39 is 46.9 Å². The maximum atomic E-state index is 13.0. The highest BCUT2D eigenvalue weighted by molar-refractivity contribution is 6.05. The highest BCUT2D eigenvalue weighted by Crippen LogP contribution is 2.41. The van der Waals surface area contributed by atoms with Crippen molar-refractivity contribution in [3.05, 3.63) is 190 Å². The van der Waals surface area contributed by atoms with E-state index in [9.17, 15) is 48.3 Å². The van der Waals surface area contributed by atoms with Gasteiger partial charge in [0.2, 0.25) is 0 Å². The maximum absolute atomic E-state index is 13.0. The van der Waals surface area contributed by atoms with Crippen LogP contribution in [0.15, 0.2) is 122 Å². The van der Waals surface area contributed by atoms with Crippen molar-refractivity contribution in [2.45, 2.75) is 67.0 Å². The highest BCUT2D eigenvalue weighted by Gasteiger charge is 2.43. The minimum Gasteiger partial charge on any atom is -0.255 e. The fourth-order valence-corrected chi connectivity index (χ4v) is 7.37. The smallest absolute Gasteiger partial charge is 0.255 e. The number of alkyl halides is 9. The van der Waals surface area contributed by atoms with Gasteiger partial charge in [-0.25, -0.2) is 8.78 Å². The van der Waals surface area contributed by atoms with Crippen molar-refractivity contribution in [1.29, 1.82) is 0 Å². The second-order valence-corrected chi connectivity index (χ2v) is 16.9. The number of hydrogen-bond acceptors (Lipinski definition) is 8. The third kappa shape index (κ3) is 12.2. The summed E-state index contributed by atoms with van der Waals surface area (Å²) in [6.07, 6.45) is -4.18. The van der Waals surface area contributed by atoms with Gasteiger partial charge in [0.15, 0.2) is 0 Å². The summed E-state index contributed by atoms with van der Waals surface area (Å²) in [5.41, 5.74) is 6.91. The summed E-state index contributed by atoms with van der Waals surface area (Å²) in [5.74, 6) is -0.789. The molecule has 73 heavy (non-hydrogen) atoms. The van der Waals surface area contributed by atoms with Crippen LogP contribution in [0.2, 0.25) is 0 Å². The molecule has 0 bridgehead atoms. The third-order valence-corrected chi connectivity index (χ3v) is 11.8. The van der Waals surface area contributed by atoms with Crippen LogP contribution in [0.5, 0.6) is 0 Å². The average molecular weight is 1010 g/mol. The molecule has 8 heterocycles. The standard InChI is InChI=1S/C16H16N2.C14H10F6N2.C12H9F3N2.C12H6F2N2/c1-9-7-17-15-13(11(9)3)5-6-14-12(4)10(2)8-18-16(14)15;1-7-3-11(21-5-8(7)2)12-4-9(13(15,16)17)10(6-22-12)14(18,19)20;1-8-2-4-16-10(6-8)11-7-9(3-5-17-11)12(13,14)15;13-9-3-7-1-2-8-4-10(14)6-16-12(8)11(7)15-5-9/h5-8H,1-4H3;3-6H,1-2H3;2-7H,1H3;1-6H. The second-order valence-electron chi connectivity index (χ2n) is 16.9. The van der Waals surface area contributed by atoms with E-state index in [1.54, 1.807) is 44.3 Å². The molecule has 0 saturated carbocycles. The molecule has 0 atom stereocenters. The number of benzene rings is 2. The van der Waals surface area contributed by atoms with Gasteiger partial charge in [0.05, 0.1) is 73.9 Å². The Labute approximate surface area is 410 Å². The molecule has 2 aromatic carbocycles. The van der Waals surface area contributed by atoms with Crippen LogP contribution in [0.1, 0.15) is 55.6 Å². The van der Waals surface area contributed by atoms with Crippen molar-refractivity contribution >= 4 is 43.6 Å². The lowest BCUT2D eigenvalue weighted by atomic mass is 10.0. The fraction of sp³-hybridized carbons (Fsp3) is 0.185. The van der Waals surface area contributed by atoms with Crippen LogP contribution in [0, 0.1) is 60.1 Å². The van der Waals surface area contributed by atoms with Gasteiger partial charge in [-0.05, 0) is 136 Å². The van der Waals surface area contributed by atoms with Crippen LogP contribution in [-0.4, -0.2) is 39.9 Å². The summed E-state index contributed by atoms with van der Waals surface area (Å²) < 4.78 is 140. The number of hydrogen-bond donors (Lipinski definition) is 0. The van der Waals surface area contributed by atoms with E-state index in [-0.39, 0.29) is 23.3 Å². The molecular formula is C54H41F11N8. The van der Waals surface area contributed by atoms with Gasteiger partial charge in [-0.15, -0.1) is 0 Å². The maximum Gasteiger partial charge on any atom is 0.418 e. The Morgan fingerprint density at radius 2 is 0.781 bits per heavy atom. The number of pyridine rings is 8. The van der Waals surface area contributed by atoms with Crippen molar-refractivity contribution in [3.63, 3.8) is 0 Å². The molecule has 0 fully saturated rings.